The van der Waals surface area contributed by atoms with Gasteiger partial charge in [0, 0.05) is 31.6 Å². The van der Waals surface area contributed by atoms with Crippen LogP contribution in [0.5, 0.6) is 0 Å². The maximum absolute atomic E-state index is 12.1. The van der Waals surface area contributed by atoms with Gasteiger partial charge in [0.1, 0.15) is 6.10 Å². The lowest BCUT2D eigenvalue weighted by molar-refractivity contribution is 0.0245. The number of ether oxygens (including phenoxy) is 1. The van der Waals surface area contributed by atoms with E-state index in [1.807, 2.05) is 18.2 Å². The van der Waals surface area contributed by atoms with E-state index in [4.69, 9.17) is 4.74 Å². The van der Waals surface area contributed by atoms with E-state index in [-0.39, 0.29) is 12.1 Å². The summed E-state index contributed by atoms with van der Waals surface area (Å²) in [4.78, 5) is 14.4. The van der Waals surface area contributed by atoms with E-state index in [0.717, 1.165) is 25.9 Å². The number of rotatable bonds is 3. The molecule has 1 aliphatic heterocycles. The quantitative estimate of drug-likeness (QED) is 0.806. The first-order valence-corrected chi connectivity index (χ1v) is 7.80. The summed E-state index contributed by atoms with van der Waals surface area (Å²) in [5, 5.41) is 0. The van der Waals surface area contributed by atoms with Gasteiger partial charge in [-0.2, -0.15) is 0 Å². The number of esters is 1. The largest absolute Gasteiger partial charge is 0.459 e. The second-order valence-corrected chi connectivity index (χ2v) is 5.79. The zero-order valence-electron chi connectivity index (χ0n) is 12.9. The maximum atomic E-state index is 12.1. The first-order chi connectivity index (χ1) is 10.7. The highest BCUT2D eigenvalue weighted by Crippen LogP contribution is 2.22. The molecule has 3 heteroatoms. The van der Waals surface area contributed by atoms with Crippen molar-refractivity contribution in [1.82, 2.24) is 0 Å². The molecule has 3 nitrogen and oxygen atoms in total. The monoisotopic (exact) mass is 295 g/mol. The molecule has 1 fully saturated rings. The molecule has 22 heavy (non-hydrogen) atoms. The third-order valence-corrected chi connectivity index (χ3v) is 4.12. The number of benzene rings is 2. The van der Waals surface area contributed by atoms with E-state index in [0.29, 0.717) is 5.56 Å². The Bertz CT molecular complexity index is 614. The molecule has 0 aromatic heterocycles. The fraction of sp³-hybridized carbons (Fsp3) is 0.316. The van der Waals surface area contributed by atoms with Crippen molar-refractivity contribution < 1.29 is 9.53 Å². The smallest absolute Gasteiger partial charge is 0.338 e. The van der Waals surface area contributed by atoms with E-state index in [9.17, 15) is 4.79 Å². The van der Waals surface area contributed by atoms with Gasteiger partial charge in [-0.15, -0.1) is 0 Å². The zero-order valence-corrected chi connectivity index (χ0v) is 12.9. The van der Waals surface area contributed by atoms with Crippen molar-refractivity contribution in [3.05, 3.63) is 65.7 Å². The average molecular weight is 295 g/mol. The van der Waals surface area contributed by atoms with Crippen molar-refractivity contribution in [3.63, 3.8) is 0 Å². The van der Waals surface area contributed by atoms with Crippen LogP contribution < -0.4 is 4.90 Å². The summed E-state index contributed by atoms with van der Waals surface area (Å²) in [5.74, 6) is -0.214. The van der Waals surface area contributed by atoms with Crippen molar-refractivity contribution in [2.75, 3.05) is 18.0 Å². The van der Waals surface area contributed by atoms with Crippen molar-refractivity contribution in [2.24, 2.45) is 0 Å². The van der Waals surface area contributed by atoms with Crippen LogP contribution in [-0.2, 0) is 4.74 Å². The molecular weight excluding hydrogens is 274 g/mol. The molecule has 3 rings (SSSR count). The van der Waals surface area contributed by atoms with Crippen molar-refractivity contribution >= 4 is 11.7 Å². The molecule has 0 N–H and O–H groups in total. The summed E-state index contributed by atoms with van der Waals surface area (Å²) in [7, 11) is 0. The highest BCUT2D eigenvalue weighted by molar-refractivity contribution is 5.89. The summed E-state index contributed by atoms with van der Waals surface area (Å²) in [6.45, 7) is 3.95. The molecule has 0 radical (unpaired) electrons. The van der Waals surface area contributed by atoms with Gasteiger partial charge in [0.15, 0.2) is 0 Å². The van der Waals surface area contributed by atoms with Crippen molar-refractivity contribution in [2.45, 2.75) is 25.9 Å². The molecule has 1 heterocycles. The predicted octanol–water partition coefficient (Wildman–Crippen LogP) is 3.82. The van der Waals surface area contributed by atoms with Crippen LogP contribution in [0.2, 0.25) is 0 Å². The van der Waals surface area contributed by atoms with Gasteiger partial charge in [0.2, 0.25) is 0 Å². The fourth-order valence-electron chi connectivity index (χ4n) is 2.78. The van der Waals surface area contributed by atoms with Crippen LogP contribution in [0.25, 0.3) is 0 Å². The summed E-state index contributed by atoms with van der Waals surface area (Å²) in [6.07, 6.45) is 1.79. The molecule has 0 unspecified atom stereocenters. The Kier molecular flexibility index (Phi) is 4.42. The van der Waals surface area contributed by atoms with Crippen LogP contribution in [0.3, 0.4) is 0 Å². The topological polar surface area (TPSA) is 29.5 Å². The molecule has 1 saturated heterocycles. The minimum Gasteiger partial charge on any atom is -0.459 e. The van der Waals surface area contributed by atoms with E-state index >= 15 is 0 Å². The first kappa shape index (κ1) is 14.6. The zero-order chi connectivity index (χ0) is 15.4. The molecule has 0 spiro atoms. The fourth-order valence-corrected chi connectivity index (χ4v) is 2.78. The lowest BCUT2D eigenvalue weighted by atomic mass is 10.1. The molecule has 0 atom stereocenters. The summed E-state index contributed by atoms with van der Waals surface area (Å²) in [6, 6.07) is 17.8. The molecule has 1 aliphatic rings. The average Bonchev–Trinajstić information content (AvgIpc) is 2.57. The van der Waals surface area contributed by atoms with Gasteiger partial charge < -0.3 is 9.64 Å². The maximum Gasteiger partial charge on any atom is 0.338 e. The van der Waals surface area contributed by atoms with Gasteiger partial charge in [-0.05, 0) is 31.2 Å². The highest BCUT2D eigenvalue weighted by atomic mass is 16.5. The number of hydrogen-bond acceptors (Lipinski definition) is 3. The Morgan fingerprint density at radius 3 is 2.27 bits per heavy atom. The summed E-state index contributed by atoms with van der Waals surface area (Å²) in [5.41, 5.74) is 3.15. The van der Waals surface area contributed by atoms with Crippen LogP contribution in [0.4, 0.5) is 5.69 Å². The third-order valence-electron chi connectivity index (χ3n) is 4.12. The number of anilines is 1. The van der Waals surface area contributed by atoms with E-state index in [1.165, 1.54) is 11.3 Å². The Labute approximate surface area is 131 Å². The molecule has 0 saturated carbocycles. The Morgan fingerprint density at radius 1 is 1.00 bits per heavy atom. The summed E-state index contributed by atoms with van der Waals surface area (Å²) >= 11 is 0. The molecule has 0 bridgehead atoms. The Hall–Kier alpha value is -2.29. The van der Waals surface area contributed by atoms with Gasteiger partial charge in [0.25, 0.3) is 0 Å². The van der Waals surface area contributed by atoms with Crippen molar-refractivity contribution in [3.8, 4) is 0 Å². The number of piperidine rings is 1. The van der Waals surface area contributed by atoms with Crippen LogP contribution >= 0.6 is 0 Å². The second-order valence-electron chi connectivity index (χ2n) is 5.79. The van der Waals surface area contributed by atoms with E-state index in [2.05, 4.69) is 36.1 Å². The SMILES string of the molecule is Cc1ccc(N2CCC(OC(=O)c3ccccc3)CC2)cc1. The Balaban J connectivity index is 1.53. The highest BCUT2D eigenvalue weighted by Gasteiger charge is 2.22. The van der Waals surface area contributed by atoms with Crippen LogP contribution in [0.1, 0.15) is 28.8 Å². The van der Waals surface area contributed by atoms with E-state index < -0.39 is 0 Å². The molecule has 0 amide bonds. The van der Waals surface area contributed by atoms with Crippen LogP contribution in [-0.4, -0.2) is 25.2 Å². The number of hydrogen-bond donors (Lipinski definition) is 0. The van der Waals surface area contributed by atoms with Gasteiger partial charge in [0.05, 0.1) is 5.56 Å². The molecular formula is C19H21NO2. The predicted molar refractivity (Wildman–Crippen MR) is 88.3 cm³/mol. The molecule has 2 aromatic carbocycles. The van der Waals surface area contributed by atoms with Crippen molar-refractivity contribution in [1.29, 1.82) is 0 Å². The van der Waals surface area contributed by atoms with Gasteiger partial charge in [-0.3, -0.25) is 0 Å². The number of aryl methyl sites for hydroxylation is 1. The van der Waals surface area contributed by atoms with Crippen LogP contribution in [0.15, 0.2) is 54.6 Å². The normalized spacial score (nSPS) is 15.6. The van der Waals surface area contributed by atoms with Gasteiger partial charge >= 0.3 is 5.97 Å². The first-order valence-electron chi connectivity index (χ1n) is 7.80. The standard InChI is InChI=1S/C19H21NO2/c1-15-7-9-17(10-8-15)20-13-11-18(12-14-20)22-19(21)16-5-3-2-4-6-16/h2-10,18H,11-14H2,1H3. The summed E-state index contributed by atoms with van der Waals surface area (Å²) < 4.78 is 5.62. The molecule has 2 aromatic rings. The lowest BCUT2D eigenvalue weighted by Crippen LogP contribution is -2.37. The van der Waals surface area contributed by atoms with E-state index in [1.54, 1.807) is 12.1 Å². The molecule has 114 valence electrons. The van der Waals surface area contributed by atoms with Crippen LogP contribution in [0, 0.1) is 6.92 Å². The molecule has 0 aliphatic carbocycles. The second kappa shape index (κ2) is 6.65. The number of carbonyl (C=O) groups is 1. The minimum atomic E-state index is -0.214. The third kappa shape index (κ3) is 3.48. The number of carbonyl (C=O) groups excluding carboxylic acids is 1. The Morgan fingerprint density at radius 2 is 1.64 bits per heavy atom. The minimum absolute atomic E-state index is 0.0226. The number of nitrogens with zero attached hydrogens (tertiary/aromatic N) is 1. The lowest BCUT2D eigenvalue weighted by Gasteiger charge is -2.33. The van der Waals surface area contributed by atoms with Gasteiger partial charge in [-0.25, -0.2) is 4.79 Å². The van der Waals surface area contributed by atoms with Gasteiger partial charge in [-0.1, -0.05) is 35.9 Å².